The minimum atomic E-state index is 0. The number of rotatable bonds is 6. The highest BCUT2D eigenvalue weighted by molar-refractivity contribution is 5.85. The zero-order chi connectivity index (χ0) is 13.5. The second kappa shape index (κ2) is 8.56. The van der Waals surface area contributed by atoms with Gasteiger partial charge in [0.15, 0.2) is 0 Å². The molecular formula is C16H21ClN2O. The van der Waals surface area contributed by atoms with Crippen molar-refractivity contribution in [1.82, 2.24) is 10.6 Å². The van der Waals surface area contributed by atoms with Crippen LogP contribution in [-0.4, -0.2) is 26.0 Å². The highest BCUT2D eigenvalue weighted by atomic mass is 35.5. The Labute approximate surface area is 126 Å². The molecule has 2 aromatic carbocycles. The Morgan fingerprint density at radius 3 is 2.55 bits per heavy atom. The van der Waals surface area contributed by atoms with Crippen LogP contribution in [0.5, 0.6) is 0 Å². The first-order valence-corrected chi connectivity index (χ1v) is 6.68. The number of benzene rings is 2. The minimum Gasteiger partial charge on any atom is -0.356 e. The molecule has 0 aliphatic heterocycles. The maximum atomic E-state index is 11.8. The molecular weight excluding hydrogens is 272 g/mol. The van der Waals surface area contributed by atoms with Gasteiger partial charge in [0.1, 0.15) is 0 Å². The van der Waals surface area contributed by atoms with Crippen molar-refractivity contribution in [1.29, 1.82) is 0 Å². The van der Waals surface area contributed by atoms with E-state index >= 15 is 0 Å². The zero-order valence-electron chi connectivity index (χ0n) is 11.7. The van der Waals surface area contributed by atoms with E-state index in [4.69, 9.17) is 0 Å². The monoisotopic (exact) mass is 292 g/mol. The summed E-state index contributed by atoms with van der Waals surface area (Å²) in [6.45, 7) is 1.66. The van der Waals surface area contributed by atoms with Gasteiger partial charge in [-0.05, 0) is 36.3 Å². The zero-order valence-corrected chi connectivity index (χ0v) is 12.5. The van der Waals surface area contributed by atoms with Gasteiger partial charge in [-0.25, -0.2) is 0 Å². The predicted molar refractivity (Wildman–Crippen MR) is 86.5 cm³/mol. The number of hydrogen-bond donors (Lipinski definition) is 2. The normalized spacial score (nSPS) is 10.1. The minimum absolute atomic E-state index is 0. The molecule has 0 unspecified atom stereocenters. The lowest BCUT2D eigenvalue weighted by Crippen LogP contribution is -2.27. The Bertz CT molecular complexity index is 557. The lowest BCUT2D eigenvalue weighted by Gasteiger charge is -2.06. The first kappa shape index (κ1) is 16.5. The second-order valence-corrected chi connectivity index (χ2v) is 4.67. The number of amides is 1. The van der Waals surface area contributed by atoms with Gasteiger partial charge < -0.3 is 10.6 Å². The van der Waals surface area contributed by atoms with Crippen LogP contribution in [0.4, 0.5) is 0 Å². The van der Waals surface area contributed by atoms with E-state index in [-0.39, 0.29) is 18.3 Å². The van der Waals surface area contributed by atoms with Crippen molar-refractivity contribution in [2.45, 2.75) is 12.8 Å². The predicted octanol–water partition coefficient (Wildman–Crippen LogP) is 2.53. The fourth-order valence-corrected chi connectivity index (χ4v) is 2.09. The maximum Gasteiger partial charge on any atom is 0.224 e. The summed E-state index contributed by atoms with van der Waals surface area (Å²) >= 11 is 0. The van der Waals surface area contributed by atoms with Crippen molar-refractivity contribution < 1.29 is 4.79 Å². The average Bonchev–Trinajstić information content (AvgIpc) is 2.43. The molecule has 0 atom stereocenters. The van der Waals surface area contributed by atoms with E-state index in [1.165, 1.54) is 10.8 Å². The number of carbonyl (C=O) groups is 1. The van der Waals surface area contributed by atoms with Crippen LogP contribution in [0.25, 0.3) is 10.8 Å². The number of halogens is 1. The third kappa shape index (κ3) is 4.83. The largest absolute Gasteiger partial charge is 0.356 e. The topological polar surface area (TPSA) is 41.1 Å². The molecule has 2 N–H and O–H groups in total. The van der Waals surface area contributed by atoms with E-state index < -0.39 is 0 Å². The van der Waals surface area contributed by atoms with Crippen LogP contribution in [0.15, 0.2) is 42.5 Å². The summed E-state index contributed by atoms with van der Waals surface area (Å²) in [5.41, 5.74) is 1.06. The molecule has 0 saturated heterocycles. The Balaban J connectivity index is 0.00000200. The Morgan fingerprint density at radius 1 is 1.05 bits per heavy atom. The van der Waals surface area contributed by atoms with Gasteiger partial charge in [-0.3, -0.25) is 4.79 Å². The van der Waals surface area contributed by atoms with E-state index in [0.29, 0.717) is 6.42 Å². The van der Waals surface area contributed by atoms with E-state index in [2.05, 4.69) is 34.9 Å². The van der Waals surface area contributed by atoms with Crippen LogP contribution in [0.1, 0.15) is 12.0 Å². The van der Waals surface area contributed by atoms with Crippen molar-refractivity contribution in [3.05, 3.63) is 48.0 Å². The molecule has 0 aliphatic carbocycles. The van der Waals surface area contributed by atoms with Gasteiger partial charge in [0, 0.05) is 6.54 Å². The molecule has 1 amide bonds. The van der Waals surface area contributed by atoms with E-state index in [1.807, 2.05) is 25.2 Å². The van der Waals surface area contributed by atoms with Gasteiger partial charge in [-0.1, -0.05) is 42.5 Å². The molecule has 20 heavy (non-hydrogen) atoms. The first-order chi connectivity index (χ1) is 9.29. The summed E-state index contributed by atoms with van der Waals surface area (Å²) < 4.78 is 0. The second-order valence-electron chi connectivity index (χ2n) is 4.67. The first-order valence-electron chi connectivity index (χ1n) is 6.68. The molecule has 0 aliphatic rings. The van der Waals surface area contributed by atoms with Gasteiger partial charge in [-0.15, -0.1) is 12.4 Å². The summed E-state index contributed by atoms with van der Waals surface area (Å²) in [5, 5.41) is 8.39. The molecule has 0 aromatic heterocycles. The molecule has 0 spiro atoms. The molecule has 0 fully saturated rings. The maximum absolute atomic E-state index is 11.8. The highest BCUT2D eigenvalue weighted by Crippen LogP contribution is 2.15. The molecule has 108 valence electrons. The summed E-state index contributed by atoms with van der Waals surface area (Å²) in [4.78, 5) is 11.8. The van der Waals surface area contributed by atoms with Crippen molar-refractivity contribution >= 4 is 29.1 Å². The summed E-state index contributed by atoms with van der Waals surface area (Å²) in [7, 11) is 1.91. The quantitative estimate of drug-likeness (QED) is 0.803. The van der Waals surface area contributed by atoms with Crippen LogP contribution >= 0.6 is 12.4 Å². The fourth-order valence-electron chi connectivity index (χ4n) is 2.09. The van der Waals surface area contributed by atoms with Gasteiger partial charge in [0.05, 0.1) is 6.42 Å². The van der Waals surface area contributed by atoms with Crippen LogP contribution in [0.2, 0.25) is 0 Å². The average molecular weight is 293 g/mol. The SMILES string of the molecule is CNCCCNC(=O)Cc1ccc2ccccc2c1.Cl. The lowest BCUT2D eigenvalue weighted by atomic mass is 10.0. The molecule has 0 saturated carbocycles. The molecule has 3 nitrogen and oxygen atoms in total. The molecule has 0 radical (unpaired) electrons. The van der Waals surface area contributed by atoms with Crippen molar-refractivity contribution in [3.8, 4) is 0 Å². The Morgan fingerprint density at radius 2 is 1.80 bits per heavy atom. The van der Waals surface area contributed by atoms with Gasteiger partial charge in [0.2, 0.25) is 5.91 Å². The fraction of sp³-hybridized carbons (Fsp3) is 0.312. The summed E-state index contributed by atoms with van der Waals surface area (Å²) in [6, 6.07) is 14.4. The molecule has 4 heteroatoms. The number of carbonyl (C=O) groups excluding carboxylic acids is 1. The molecule has 0 bridgehead atoms. The number of nitrogens with one attached hydrogen (secondary N) is 2. The standard InChI is InChI=1S/C16H20N2O.ClH/c1-17-9-4-10-18-16(19)12-13-7-8-14-5-2-3-6-15(14)11-13;/h2-3,5-8,11,17H,4,9-10,12H2,1H3,(H,18,19);1H. The third-order valence-corrected chi connectivity index (χ3v) is 3.10. The highest BCUT2D eigenvalue weighted by Gasteiger charge is 2.03. The number of fused-ring (bicyclic) bond motifs is 1. The summed E-state index contributed by atoms with van der Waals surface area (Å²) in [6.07, 6.45) is 1.41. The summed E-state index contributed by atoms with van der Waals surface area (Å²) in [5.74, 6) is 0.0892. The molecule has 0 heterocycles. The molecule has 2 aromatic rings. The van der Waals surface area contributed by atoms with Gasteiger partial charge >= 0.3 is 0 Å². The van der Waals surface area contributed by atoms with Crippen LogP contribution < -0.4 is 10.6 Å². The third-order valence-electron chi connectivity index (χ3n) is 3.10. The van der Waals surface area contributed by atoms with Crippen LogP contribution in [-0.2, 0) is 11.2 Å². The van der Waals surface area contributed by atoms with Crippen LogP contribution in [0.3, 0.4) is 0 Å². The van der Waals surface area contributed by atoms with Crippen LogP contribution in [0, 0.1) is 0 Å². The van der Waals surface area contributed by atoms with Crippen molar-refractivity contribution in [3.63, 3.8) is 0 Å². The number of hydrogen-bond acceptors (Lipinski definition) is 2. The Hall–Kier alpha value is -1.58. The molecule has 2 rings (SSSR count). The van der Waals surface area contributed by atoms with Gasteiger partial charge in [0.25, 0.3) is 0 Å². The smallest absolute Gasteiger partial charge is 0.224 e. The Kier molecular flexibility index (Phi) is 7.05. The lowest BCUT2D eigenvalue weighted by molar-refractivity contribution is -0.120. The van der Waals surface area contributed by atoms with Crippen molar-refractivity contribution in [2.24, 2.45) is 0 Å². The van der Waals surface area contributed by atoms with E-state index in [0.717, 1.165) is 25.1 Å². The van der Waals surface area contributed by atoms with E-state index in [1.54, 1.807) is 0 Å². The van der Waals surface area contributed by atoms with Crippen molar-refractivity contribution in [2.75, 3.05) is 20.1 Å². The van der Waals surface area contributed by atoms with E-state index in [9.17, 15) is 4.79 Å². The van der Waals surface area contributed by atoms with Gasteiger partial charge in [-0.2, -0.15) is 0 Å².